The third-order valence-electron chi connectivity index (χ3n) is 2.05. The van der Waals surface area contributed by atoms with Crippen molar-refractivity contribution in [2.45, 2.75) is 26.3 Å². The number of carbonyl (C=O) groups excluding carboxylic acids is 1. The Morgan fingerprint density at radius 3 is 2.69 bits per heavy atom. The van der Waals surface area contributed by atoms with Gasteiger partial charge in [0.1, 0.15) is 0 Å². The van der Waals surface area contributed by atoms with Crippen LogP contribution < -0.4 is 10.6 Å². The van der Waals surface area contributed by atoms with Gasteiger partial charge in [0.15, 0.2) is 0 Å². The maximum Gasteiger partial charge on any atom is 0.225 e. The summed E-state index contributed by atoms with van der Waals surface area (Å²) in [7, 11) is 0. The van der Waals surface area contributed by atoms with Gasteiger partial charge in [0.2, 0.25) is 5.91 Å². The van der Waals surface area contributed by atoms with Crippen molar-refractivity contribution in [3.63, 3.8) is 0 Å². The molecule has 0 saturated heterocycles. The molecule has 0 spiro atoms. The third-order valence-corrected chi connectivity index (χ3v) is 2.74. The molecular formula is C12H17BrN2O. The highest BCUT2D eigenvalue weighted by molar-refractivity contribution is 9.10. The molecule has 0 saturated carbocycles. The average Bonchev–Trinajstić information content (AvgIpc) is 2.21. The number of amides is 1. The van der Waals surface area contributed by atoms with Gasteiger partial charge in [-0.15, -0.1) is 0 Å². The van der Waals surface area contributed by atoms with Gasteiger partial charge in [0.05, 0.1) is 5.69 Å². The van der Waals surface area contributed by atoms with Crippen LogP contribution >= 0.6 is 15.9 Å². The molecule has 88 valence electrons. The van der Waals surface area contributed by atoms with E-state index in [1.165, 1.54) is 0 Å². The van der Waals surface area contributed by atoms with E-state index in [1.54, 1.807) is 0 Å². The van der Waals surface area contributed by atoms with E-state index in [0.29, 0.717) is 19.0 Å². The molecule has 0 unspecified atom stereocenters. The monoisotopic (exact) mass is 284 g/mol. The molecule has 1 aromatic carbocycles. The van der Waals surface area contributed by atoms with E-state index in [1.807, 2.05) is 24.3 Å². The molecule has 0 heterocycles. The highest BCUT2D eigenvalue weighted by Gasteiger charge is 2.04. The van der Waals surface area contributed by atoms with Crippen molar-refractivity contribution in [2.75, 3.05) is 11.9 Å². The van der Waals surface area contributed by atoms with Crippen molar-refractivity contribution in [1.29, 1.82) is 0 Å². The average molecular weight is 285 g/mol. The van der Waals surface area contributed by atoms with Gasteiger partial charge in [-0.2, -0.15) is 0 Å². The van der Waals surface area contributed by atoms with Crippen LogP contribution in [0.3, 0.4) is 0 Å². The highest BCUT2D eigenvalue weighted by atomic mass is 79.9. The minimum atomic E-state index is 0.0278. The Morgan fingerprint density at radius 1 is 1.38 bits per heavy atom. The lowest BCUT2D eigenvalue weighted by Crippen LogP contribution is -2.27. The van der Waals surface area contributed by atoms with E-state index in [9.17, 15) is 4.79 Å². The van der Waals surface area contributed by atoms with Gasteiger partial charge in [-0.05, 0) is 28.1 Å². The predicted octanol–water partition coefficient (Wildman–Crippen LogP) is 2.78. The van der Waals surface area contributed by atoms with Gasteiger partial charge in [-0.1, -0.05) is 26.0 Å². The quantitative estimate of drug-likeness (QED) is 0.873. The Bertz CT molecular complexity index is 353. The minimum absolute atomic E-state index is 0.0278. The van der Waals surface area contributed by atoms with Crippen molar-refractivity contribution in [1.82, 2.24) is 5.32 Å². The normalized spacial score (nSPS) is 10.5. The SMILES string of the molecule is CC(C)NCCC(=O)Nc1ccccc1Br. The molecule has 0 atom stereocenters. The largest absolute Gasteiger partial charge is 0.325 e. The topological polar surface area (TPSA) is 41.1 Å². The molecule has 0 radical (unpaired) electrons. The van der Waals surface area contributed by atoms with Gasteiger partial charge < -0.3 is 10.6 Å². The lowest BCUT2D eigenvalue weighted by atomic mass is 10.3. The molecule has 1 amide bonds. The van der Waals surface area contributed by atoms with Gasteiger partial charge in [-0.25, -0.2) is 0 Å². The summed E-state index contributed by atoms with van der Waals surface area (Å²) in [6, 6.07) is 8.00. The molecule has 1 rings (SSSR count). The fraction of sp³-hybridized carbons (Fsp3) is 0.417. The van der Waals surface area contributed by atoms with Crippen LogP contribution in [-0.2, 0) is 4.79 Å². The summed E-state index contributed by atoms with van der Waals surface area (Å²) in [4.78, 5) is 11.6. The van der Waals surface area contributed by atoms with Crippen LogP contribution in [0.5, 0.6) is 0 Å². The lowest BCUT2D eigenvalue weighted by Gasteiger charge is -2.09. The summed E-state index contributed by atoms with van der Waals surface area (Å²) >= 11 is 3.39. The molecule has 1 aromatic rings. The standard InChI is InChI=1S/C12H17BrN2O/c1-9(2)14-8-7-12(16)15-11-6-4-3-5-10(11)13/h3-6,9,14H,7-8H2,1-2H3,(H,15,16). The van der Waals surface area contributed by atoms with E-state index in [-0.39, 0.29) is 5.91 Å². The first-order valence-electron chi connectivity index (χ1n) is 5.37. The Balaban J connectivity index is 2.37. The Morgan fingerprint density at radius 2 is 2.06 bits per heavy atom. The molecule has 0 fully saturated rings. The second kappa shape index (κ2) is 6.66. The Kier molecular flexibility index (Phi) is 5.49. The summed E-state index contributed by atoms with van der Waals surface area (Å²) in [5, 5.41) is 6.06. The third kappa shape index (κ3) is 4.77. The van der Waals surface area contributed by atoms with E-state index in [4.69, 9.17) is 0 Å². The highest BCUT2D eigenvalue weighted by Crippen LogP contribution is 2.21. The number of hydrogen-bond acceptors (Lipinski definition) is 2. The molecular weight excluding hydrogens is 268 g/mol. The van der Waals surface area contributed by atoms with E-state index in [0.717, 1.165) is 10.2 Å². The van der Waals surface area contributed by atoms with Crippen molar-refractivity contribution >= 4 is 27.5 Å². The molecule has 0 aliphatic heterocycles. The molecule has 0 bridgehead atoms. The van der Waals surface area contributed by atoms with Crippen LogP contribution in [0, 0.1) is 0 Å². The van der Waals surface area contributed by atoms with Crippen molar-refractivity contribution in [3.05, 3.63) is 28.7 Å². The fourth-order valence-electron chi connectivity index (χ4n) is 1.25. The minimum Gasteiger partial charge on any atom is -0.325 e. The molecule has 2 N–H and O–H groups in total. The number of anilines is 1. The first kappa shape index (κ1) is 13.2. The van der Waals surface area contributed by atoms with Crippen LogP contribution in [0.15, 0.2) is 28.7 Å². The zero-order valence-corrected chi connectivity index (χ0v) is 11.2. The number of hydrogen-bond donors (Lipinski definition) is 2. The van der Waals surface area contributed by atoms with Crippen molar-refractivity contribution in [3.8, 4) is 0 Å². The van der Waals surface area contributed by atoms with Gasteiger partial charge in [0, 0.05) is 23.5 Å². The second-order valence-electron chi connectivity index (χ2n) is 3.89. The van der Waals surface area contributed by atoms with E-state index >= 15 is 0 Å². The maximum atomic E-state index is 11.6. The van der Waals surface area contributed by atoms with Crippen molar-refractivity contribution < 1.29 is 4.79 Å². The van der Waals surface area contributed by atoms with Crippen LogP contribution in [-0.4, -0.2) is 18.5 Å². The summed E-state index contributed by atoms with van der Waals surface area (Å²) in [6.45, 7) is 4.82. The smallest absolute Gasteiger partial charge is 0.225 e. The van der Waals surface area contributed by atoms with E-state index < -0.39 is 0 Å². The number of para-hydroxylation sites is 1. The summed E-state index contributed by atoms with van der Waals surface area (Å²) in [5.41, 5.74) is 0.817. The van der Waals surface area contributed by atoms with Crippen LogP contribution in [0.25, 0.3) is 0 Å². The van der Waals surface area contributed by atoms with Crippen LogP contribution in [0.2, 0.25) is 0 Å². The van der Waals surface area contributed by atoms with Gasteiger partial charge in [-0.3, -0.25) is 4.79 Å². The Hall–Kier alpha value is -0.870. The lowest BCUT2D eigenvalue weighted by molar-refractivity contribution is -0.116. The maximum absolute atomic E-state index is 11.6. The summed E-state index contributed by atoms with van der Waals surface area (Å²) in [5.74, 6) is 0.0278. The van der Waals surface area contributed by atoms with Crippen LogP contribution in [0.1, 0.15) is 20.3 Å². The summed E-state index contributed by atoms with van der Waals surface area (Å²) in [6.07, 6.45) is 0.486. The fourth-order valence-corrected chi connectivity index (χ4v) is 1.63. The molecule has 3 nitrogen and oxygen atoms in total. The molecule has 0 aromatic heterocycles. The zero-order chi connectivity index (χ0) is 12.0. The number of benzene rings is 1. The first-order valence-corrected chi connectivity index (χ1v) is 6.16. The summed E-state index contributed by atoms with van der Waals surface area (Å²) < 4.78 is 0.903. The predicted molar refractivity (Wildman–Crippen MR) is 70.5 cm³/mol. The second-order valence-corrected chi connectivity index (χ2v) is 4.74. The van der Waals surface area contributed by atoms with Gasteiger partial charge in [0.25, 0.3) is 0 Å². The molecule has 4 heteroatoms. The first-order chi connectivity index (χ1) is 7.59. The molecule has 0 aliphatic rings. The number of nitrogens with one attached hydrogen (secondary N) is 2. The zero-order valence-electron chi connectivity index (χ0n) is 9.59. The molecule has 16 heavy (non-hydrogen) atoms. The Labute approximate surface area is 105 Å². The van der Waals surface area contributed by atoms with Crippen LogP contribution in [0.4, 0.5) is 5.69 Å². The number of carbonyl (C=O) groups is 1. The van der Waals surface area contributed by atoms with Gasteiger partial charge >= 0.3 is 0 Å². The van der Waals surface area contributed by atoms with Crippen molar-refractivity contribution in [2.24, 2.45) is 0 Å². The van der Waals surface area contributed by atoms with E-state index in [2.05, 4.69) is 40.4 Å². The number of rotatable bonds is 5. The number of halogens is 1. The molecule has 0 aliphatic carbocycles.